The van der Waals surface area contributed by atoms with E-state index in [-0.39, 0.29) is 27.2 Å². The maximum atomic E-state index is 12.4. The van der Waals surface area contributed by atoms with Gasteiger partial charge in [0.1, 0.15) is 5.56 Å². The van der Waals surface area contributed by atoms with Crippen molar-refractivity contribution in [3.05, 3.63) is 63.2 Å². The fourth-order valence-corrected chi connectivity index (χ4v) is 3.79. The van der Waals surface area contributed by atoms with Gasteiger partial charge in [-0.25, -0.2) is 13.1 Å². The summed E-state index contributed by atoms with van der Waals surface area (Å²) in [6, 6.07) is 9.32. The summed E-state index contributed by atoms with van der Waals surface area (Å²) in [6.07, 6.45) is 1.60. The van der Waals surface area contributed by atoms with Crippen molar-refractivity contribution >= 4 is 38.9 Å². The number of hydrogen-bond acceptors (Lipinski definition) is 5. The number of nitro benzene ring substituents is 1. The number of halogens is 1. The molecule has 2 aromatic carbocycles. The van der Waals surface area contributed by atoms with Crippen molar-refractivity contribution in [1.82, 2.24) is 4.72 Å². The van der Waals surface area contributed by atoms with Gasteiger partial charge in [0.2, 0.25) is 10.0 Å². The lowest BCUT2D eigenvalue weighted by Gasteiger charge is -2.09. The number of amides is 1. The Labute approximate surface area is 154 Å². The average Bonchev–Trinajstić information content (AvgIpc) is 3.38. The van der Waals surface area contributed by atoms with E-state index >= 15 is 0 Å². The quantitative estimate of drug-likeness (QED) is 0.575. The Morgan fingerprint density at radius 2 is 1.92 bits per heavy atom. The van der Waals surface area contributed by atoms with Crippen LogP contribution in [0.4, 0.5) is 11.4 Å². The van der Waals surface area contributed by atoms with E-state index in [0.717, 1.165) is 18.9 Å². The molecule has 2 aromatic rings. The Morgan fingerprint density at radius 3 is 2.58 bits per heavy atom. The molecule has 0 atom stereocenters. The molecule has 0 bridgehead atoms. The fraction of sp³-hybridized carbons (Fsp3) is 0.188. The van der Waals surface area contributed by atoms with Crippen molar-refractivity contribution < 1.29 is 18.1 Å². The Balaban J connectivity index is 1.84. The van der Waals surface area contributed by atoms with Crippen molar-refractivity contribution in [2.75, 3.05) is 5.32 Å². The van der Waals surface area contributed by atoms with Crippen LogP contribution in [0.1, 0.15) is 23.2 Å². The molecule has 1 aliphatic rings. The summed E-state index contributed by atoms with van der Waals surface area (Å²) in [5, 5.41) is 13.7. The number of nitrogens with zero attached hydrogens (tertiary/aromatic N) is 1. The molecule has 1 aliphatic carbocycles. The maximum Gasteiger partial charge on any atom is 0.283 e. The van der Waals surface area contributed by atoms with Crippen molar-refractivity contribution in [2.45, 2.75) is 23.8 Å². The zero-order valence-electron chi connectivity index (χ0n) is 13.3. The lowest BCUT2D eigenvalue weighted by atomic mass is 10.1. The molecule has 0 spiro atoms. The van der Waals surface area contributed by atoms with Crippen molar-refractivity contribution in [2.24, 2.45) is 0 Å². The molecule has 2 N–H and O–H groups in total. The number of rotatable bonds is 6. The predicted octanol–water partition coefficient (Wildman–Crippen LogP) is 2.94. The van der Waals surface area contributed by atoms with Crippen molar-refractivity contribution in [3.8, 4) is 0 Å². The van der Waals surface area contributed by atoms with Gasteiger partial charge in [0.25, 0.3) is 11.6 Å². The summed E-state index contributed by atoms with van der Waals surface area (Å²) in [5.41, 5.74) is -0.407. The average molecular weight is 396 g/mol. The number of carbonyl (C=O) groups excluding carboxylic acids is 1. The minimum absolute atomic E-state index is 0.00723. The van der Waals surface area contributed by atoms with Crippen LogP contribution in [-0.2, 0) is 10.0 Å². The number of nitro groups is 1. The minimum Gasteiger partial charge on any atom is -0.322 e. The van der Waals surface area contributed by atoms with Crippen LogP contribution in [0.5, 0.6) is 0 Å². The largest absolute Gasteiger partial charge is 0.322 e. The van der Waals surface area contributed by atoms with Crippen LogP contribution >= 0.6 is 11.6 Å². The second-order valence-electron chi connectivity index (χ2n) is 5.80. The normalized spacial score (nSPS) is 14.0. The first-order chi connectivity index (χ1) is 12.3. The first kappa shape index (κ1) is 18.3. The smallest absolute Gasteiger partial charge is 0.283 e. The Hall–Kier alpha value is -2.49. The third kappa shape index (κ3) is 4.18. The molecular weight excluding hydrogens is 382 g/mol. The molecule has 136 valence electrons. The Morgan fingerprint density at radius 1 is 1.19 bits per heavy atom. The van der Waals surface area contributed by atoms with E-state index in [9.17, 15) is 23.3 Å². The fourth-order valence-electron chi connectivity index (χ4n) is 2.28. The third-order valence-corrected chi connectivity index (χ3v) is 5.46. The molecule has 1 amide bonds. The number of anilines is 1. The Kier molecular flexibility index (Phi) is 4.94. The monoisotopic (exact) mass is 395 g/mol. The molecule has 3 rings (SSSR count). The van der Waals surface area contributed by atoms with Crippen LogP contribution in [0.25, 0.3) is 0 Å². The van der Waals surface area contributed by atoms with Crippen LogP contribution in [0.3, 0.4) is 0 Å². The van der Waals surface area contributed by atoms with E-state index in [0.29, 0.717) is 0 Å². The summed E-state index contributed by atoms with van der Waals surface area (Å²) >= 11 is 5.73. The highest BCUT2D eigenvalue weighted by Gasteiger charge is 2.28. The molecule has 8 nitrogen and oxygen atoms in total. The lowest BCUT2D eigenvalue weighted by molar-refractivity contribution is -0.385. The van der Waals surface area contributed by atoms with E-state index in [2.05, 4.69) is 10.0 Å². The minimum atomic E-state index is -3.67. The van der Waals surface area contributed by atoms with Gasteiger partial charge in [0.15, 0.2) is 0 Å². The van der Waals surface area contributed by atoms with Crippen LogP contribution in [-0.4, -0.2) is 25.3 Å². The van der Waals surface area contributed by atoms with Gasteiger partial charge in [-0.1, -0.05) is 17.7 Å². The van der Waals surface area contributed by atoms with Gasteiger partial charge in [-0.15, -0.1) is 0 Å². The van der Waals surface area contributed by atoms with Gasteiger partial charge in [0.05, 0.1) is 9.82 Å². The molecule has 1 fully saturated rings. The zero-order chi connectivity index (χ0) is 18.9. The number of nitrogens with one attached hydrogen (secondary N) is 2. The van der Waals surface area contributed by atoms with E-state index in [1.807, 2.05) is 0 Å². The lowest BCUT2D eigenvalue weighted by Crippen LogP contribution is -2.25. The van der Waals surface area contributed by atoms with E-state index in [1.54, 1.807) is 0 Å². The maximum absolute atomic E-state index is 12.4. The summed E-state index contributed by atoms with van der Waals surface area (Å²) in [4.78, 5) is 22.8. The molecule has 1 saturated carbocycles. The highest BCUT2D eigenvalue weighted by atomic mass is 35.5. The van der Waals surface area contributed by atoms with Crippen LogP contribution < -0.4 is 10.0 Å². The number of benzene rings is 2. The number of carbonyl (C=O) groups is 1. The summed E-state index contributed by atoms with van der Waals surface area (Å²) in [5.74, 6) is -0.738. The van der Waals surface area contributed by atoms with Gasteiger partial charge >= 0.3 is 0 Å². The number of hydrogen-bond donors (Lipinski definition) is 2. The third-order valence-electron chi connectivity index (χ3n) is 3.70. The first-order valence-electron chi connectivity index (χ1n) is 7.64. The van der Waals surface area contributed by atoms with Crippen LogP contribution in [0.2, 0.25) is 5.02 Å². The van der Waals surface area contributed by atoms with Gasteiger partial charge < -0.3 is 5.32 Å². The Bertz CT molecular complexity index is 989. The molecular formula is C16H14ClN3O5S. The second-order valence-corrected chi connectivity index (χ2v) is 7.95. The highest BCUT2D eigenvalue weighted by Crippen LogP contribution is 2.26. The van der Waals surface area contributed by atoms with Gasteiger partial charge in [0, 0.05) is 22.8 Å². The molecule has 0 saturated heterocycles. The molecule has 0 radical (unpaired) electrons. The predicted molar refractivity (Wildman–Crippen MR) is 95.8 cm³/mol. The first-order valence-corrected chi connectivity index (χ1v) is 9.50. The summed E-state index contributed by atoms with van der Waals surface area (Å²) in [6.45, 7) is 0. The van der Waals surface area contributed by atoms with E-state index in [1.165, 1.54) is 36.4 Å². The second kappa shape index (κ2) is 7.02. The molecule has 0 aliphatic heterocycles. The molecule has 26 heavy (non-hydrogen) atoms. The van der Waals surface area contributed by atoms with Gasteiger partial charge in [-0.05, 0) is 43.2 Å². The van der Waals surface area contributed by atoms with E-state index < -0.39 is 26.5 Å². The topological polar surface area (TPSA) is 118 Å². The van der Waals surface area contributed by atoms with Crippen LogP contribution in [0.15, 0.2) is 47.4 Å². The highest BCUT2D eigenvalue weighted by molar-refractivity contribution is 7.89. The SMILES string of the molecule is O=C(Nc1cccc(S(=O)(=O)NC2CC2)c1)c1ccc(Cl)cc1[N+](=O)[O-]. The van der Waals surface area contributed by atoms with Crippen molar-refractivity contribution in [1.29, 1.82) is 0 Å². The van der Waals surface area contributed by atoms with Crippen LogP contribution in [0, 0.1) is 10.1 Å². The molecule has 10 heteroatoms. The van der Waals surface area contributed by atoms with Crippen molar-refractivity contribution in [3.63, 3.8) is 0 Å². The van der Waals surface area contributed by atoms with Gasteiger partial charge in [-0.3, -0.25) is 14.9 Å². The van der Waals surface area contributed by atoms with E-state index in [4.69, 9.17) is 11.6 Å². The zero-order valence-corrected chi connectivity index (χ0v) is 14.9. The molecule has 0 unspecified atom stereocenters. The standard InChI is InChI=1S/C16H14ClN3O5S/c17-10-4-7-14(15(8-10)20(22)23)16(21)18-12-2-1-3-13(9-12)26(24,25)19-11-5-6-11/h1-4,7-9,11,19H,5-6H2,(H,18,21). The summed E-state index contributed by atoms with van der Waals surface area (Å²) < 4.78 is 27.0. The molecule has 0 aromatic heterocycles. The van der Waals surface area contributed by atoms with Gasteiger partial charge in [-0.2, -0.15) is 0 Å². The molecule has 0 heterocycles. The number of sulfonamides is 1. The summed E-state index contributed by atoms with van der Waals surface area (Å²) in [7, 11) is -3.67.